The van der Waals surface area contributed by atoms with Gasteiger partial charge in [0.2, 0.25) is 0 Å². The normalized spacial score (nSPS) is 19.2. The van der Waals surface area contributed by atoms with Crippen molar-refractivity contribution in [3.8, 4) is 23.0 Å². The maximum absolute atomic E-state index is 12.4. The molecule has 0 saturated carbocycles. The second kappa shape index (κ2) is 12.5. The third kappa shape index (κ3) is 6.11. The molecule has 7 nitrogen and oxygen atoms in total. The van der Waals surface area contributed by atoms with Crippen molar-refractivity contribution >= 4 is 12.0 Å². The number of carboxylic acid groups (broad SMARTS) is 1. The molecule has 0 aliphatic carbocycles. The van der Waals surface area contributed by atoms with E-state index >= 15 is 0 Å². The molecule has 3 atom stereocenters. The molecule has 0 spiro atoms. The van der Waals surface area contributed by atoms with Crippen LogP contribution in [-0.4, -0.2) is 46.1 Å². The van der Waals surface area contributed by atoms with E-state index in [1.807, 2.05) is 66.7 Å². The predicted octanol–water partition coefficient (Wildman–Crippen LogP) is 5.83. The van der Waals surface area contributed by atoms with Crippen LogP contribution < -0.4 is 18.9 Å². The van der Waals surface area contributed by atoms with Gasteiger partial charge in [-0.1, -0.05) is 42.5 Å². The van der Waals surface area contributed by atoms with Crippen molar-refractivity contribution in [2.24, 2.45) is 11.8 Å². The van der Waals surface area contributed by atoms with Crippen LogP contribution in [0.1, 0.15) is 29.2 Å². The predicted molar refractivity (Wildman–Crippen MR) is 145 cm³/mol. The second-order valence-corrected chi connectivity index (χ2v) is 9.28. The molecular weight excluding hydrogens is 484 g/mol. The first-order chi connectivity index (χ1) is 18.5. The zero-order chi connectivity index (χ0) is 27.1. The maximum Gasteiger partial charge on any atom is 0.331 e. The average Bonchev–Trinajstić information content (AvgIpc) is 3.34. The van der Waals surface area contributed by atoms with E-state index in [9.17, 15) is 9.90 Å². The molecule has 0 amide bonds. The Morgan fingerprint density at radius 1 is 0.868 bits per heavy atom. The van der Waals surface area contributed by atoms with Crippen LogP contribution in [-0.2, 0) is 16.0 Å². The van der Waals surface area contributed by atoms with E-state index in [4.69, 9.17) is 23.7 Å². The Morgan fingerprint density at radius 2 is 1.50 bits per heavy atom. The minimum atomic E-state index is -0.934. The first-order valence-corrected chi connectivity index (χ1v) is 12.5. The van der Waals surface area contributed by atoms with Crippen LogP contribution in [0.5, 0.6) is 23.0 Å². The van der Waals surface area contributed by atoms with Gasteiger partial charge in [-0.2, -0.15) is 0 Å². The van der Waals surface area contributed by atoms with E-state index in [1.54, 1.807) is 34.5 Å². The molecule has 38 heavy (non-hydrogen) atoms. The van der Waals surface area contributed by atoms with E-state index in [-0.39, 0.29) is 17.9 Å². The minimum absolute atomic E-state index is 0.0738. The smallest absolute Gasteiger partial charge is 0.331 e. The molecule has 0 unspecified atom stereocenters. The summed E-state index contributed by atoms with van der Waals surface area (Å²) in [5.74, 6) is 1.61. The van der Waals surface area contributed by atoms with Crippen LogP contribution in [0.25, 0.3) is 6.08 Å². The number of benzene rings is 3. The van der Waals surface area contributed by atoms with Crippen molar-refractivity contribution in [1.82, 2.24) is 0 Å². The standard InChI is InChI=1S/C31H34O7/c1-34-26-12-10-21(16-28(26)36-3)15-24-19-38-30(22-11-13-27(35-2)29(18-22)37-4)25(24)17-23(31(32)33)14-20-8-6-5-7-9-20/h5-14,16,18,24-25,30H,15,17,19H2,1-4H3,(H,32,33)/t24-,25+,30+/m0/s1. The number of hydrogen-bond acceptors (Lipinski definition) is 6. The third-order valence-corrected chi connectivity index (χ3v) is 7.04. The highest BCUT2D eigenvalue weighted by Gasteiger charge is 2.39. The zero-order valence-electron chi connectivity index (χ0n) is 22.2. The van der Waals surface area contributed by atoms with Crippen LogP contribution in [0, 0.1) is 11.8 Å². The van der Waals surface area contributed by atoms with Gasteiger partial charge in [0, 0.05) is 5.57 Å². The number of ether oxygens (including phenoxy) is 5. The number of carboxylic acids is 1. The van der Waals surface area contributed by atoms with Gasteiger partial charge in [-0.3, -0.25) is 0 Å². The molecule has 1 N–H and O–H groups in total. The van der Waals surface area contributed by atoms with Gasteiger partial charge in [0.25, 0.3) is 0 Å². The van der Waals surface area contributed by atoms with Crippen molar-refractivity contribution in [2.45, 2.75) is 18.9 Å². The first-order valence-electron chi connectivity index (χ1n) is 12.5. The van der Waals surface area contributed by atoms with Gasteiger partial charge in [-0.05, 0) is 71.7 Å². The number of aliphatic carboxylic acids is 1. The summed E-state index contributed by atoms with van der Waals surface area (Å²) in [6.07, 6.45) is 2.49. The molecule has 1 fully saturated rings. The molecule has 200 valence electrons. The number of hydrogen-bond donors (Lipinski definition) is 1. The van der Waals surface area contributed by atoms with Crippen LogP contribution >= 0.6 is 0 Å². The highest BCUT2D eigenvalue weighted by Crippen LogP contribution is 2.45. The molecule has 3 aromatic rings. The Balaban J connectivity index is 1.69. The van der Waals surface area contributed by atoms with Crippen LogP contribution in [0.3, 0.4) is 0 Å². The fraction of sp³-hybridized carbons (Fsp3) is 0.323. The summed E-state index contributed by atoms with van der Waals surface area (Å²) in [5.41, 5.74) is 3.18. The Morgan fingerprint density at radius 3 is 2.13 bits per heavy atom. The van der Waals surface area contributed by atoms with Crippen molar-refractivity contribution < 1.29 is 33.6 Å². The molecule has 0 bridgehead atoms. The van der Waals surface area contributed by atoms with E-state index in [1.165, 1.54) is 0 Å². The molecule has 0 aromatic heterocycles. The van der Waals surface area contributed by atoms with E-state index in [0.29, 0.717) is 48.0 Å². The van der Waals surface area contributed by atoms with Gasteiger partial charge < -0.3 is 28.8 Å². The first kappa shape index (κ1) is 27.1. The summed E-state index contributed by atoms with van der Waals surface area (Å²) >= 11 is 0. The lowest BCUT2D eigenvalue weighted by Crippen LogP contribution is -2.20. The maximum atomic E-state index is 12.4. The SMILES string of the molecule is COc1ccc(C[C@H]2CO[C@H](c3ccc(OC)c(OC)c3)[C@@H]2CC(=Cc2ccccc2)C(=O)O)cc1OC. The highest BCUT2D eigenvalue weighted by molar-refractivity contribution is 5.92. The summed E-state index contributed by atoms with van der Waals surface area (Å²) in [6, 6.07) is 21.1. The van der Waals surface area contributed by atoms with E-state index in [0.717, 1.165) is 16.7 Å². The third-order valence-electron chi connectivity index (χ3n) is 7.04. The van der Waals surface area contributed by atoms with Crippen molar-refractivity contribution in [2.75, 3.05) is 35.0 Å². The Hall–Kier alpha value is -3.97. The summed E-state index contributed by atoms with van der Waals surface area (Å²) < 4.78 is 28.2. The fourth-order valence-electron chi connectivity index (χ4n) is 5.10. The number of methoxy groups -OCH3 is 4. The lowest BCUT2D eigenvalue weighted by molar-refractivity contribution is -0.132. The fourth-order valence-corrected chi connectivity index (χ4v) is 5.10. The second-order valence-electron chi connectivity index (χ2n) is 9.28. The summed E-state index contributed by atoms with van der Waals surface area (Å²) in [4.78, 5) is 12.4. The van der Waals surface area contributed by atoms with Gasteiger partial charge in [0.05, 0.1) is 41.2 Å². The van der Waals surface area contributed by atoms with Crippen LogP contribution in [0.2, 0.25) is 0 Å². The Labute approximate surface area is 223 Å². The van der Waals surface area contributed by atoms with Gasteiger partial charge >= 0.3 is 5.97 Å². The summed E-state index contributed by atoms with van der Waals surface area (Å²) in [6.45, 7) is 0.496. The Kier molecular flexibility index (Phi) is 8.92. The lowest BCUT2D eigenvalue weighted by atomic mass is 9.79. The van der Waals surface area contributed by atoms with Gasteiger partial charge in [-0.25, -0.2) is 4.79 Å². The quantitative estimate of drug-likeness (QED) is 0.320. The molecule has 1 aliphatic rings. The number of carbonyl (C=O) groups is 1. The van der Waals surface area contributed by atoms with Crippen LogP contribution in [0.4, 0.5) is 0 Å². The highest BCUT2D eigenvalue weighted by atomic mass is 16.5. The topological polar surface area (TPSA) is 83.5 Å². The molecule has 1 saturated heterocycles. The molecule has 1 aliphatic heterocycles. The largest absolute Gasteiger partial charge is 0.493 e. The molecular formula is C31H34O7. The monoisotopic (exact) mass is 518 g/mol. The van der Waals surface area contributed by atoms with E-state index < -0.39 is 5.97 Å². The van der Waals surface area contributed by atoms with Crippen molar-refractivity contribution in [3.05, 3.63) is 89.0 Å². The van der Waals surface area contributed by atoms with E-state index in [2.05, 4.69) is 0 Å². The van der Waals surface area contributed by atoms with Gasteiger partial charge in [0.1, 0.15) is 0 Å². The summed E-state index contributed by atoms with van der Waals surface area (Å²) in [5, 5.41) is 10.1. The Bertz CT molecular complexity index is 1270. The minimum Gasteiger partial charge on any atom is -0.493 e. The number of rotatable bonds is 11. The lowest BCUT2D eigenvalue weighted by Gasteiger charge is -2.25. The molecule has 0 radical (unpaired) electrons. The van der Waals surface area contributed by atoms with Gasteiger partial charge in [-0.15, -0.1) is 0 Å². The van der Waals surface area contributed by atoms with Crippen LogP contribution in [0.15, 0.2) is 72.3 Å². The molecule has 4 rings (SSSR count). The zero-order valence-corrected chi connectivity index (χ0v) is 22.2. The molecule has 1 heterocycles. The van der Waals surface area contributed by atoms with Crippen molar-refractivity contribution in [3.63, 3.8) is 0 Å². The van der Waals surface area contributed by atoms with Gasteiger partial charge in [0.15, 0.2) is 23.0 Å². The molecule has 3 aromatic carbocycles. The average molecular weight is 519 g/mol. The molecule has 7 heteroatoms. The summed E-state index contributed by atoms with van der Waals surface area (Å²) in [7, 11) is 6.42. The van der Waals surface area contributed by atoms with Crippen molar-refractivity contribution in [1.29, 1.82) is 0 Å².